The van der Waals surface area contributed by atoms with Gasteiger partial charge >= 0.3 is 0 Å². The minimum Gasteiger partial charge on any atom is -0.383 e. The summed E-state index contributed by atoms with van der Waals surface area (Å²) in [5, 5.41) is 3.33. The van der Waals surface area contributed by atoms with E-state index < -0.39 is 0 Å². The molecule has 0 radical (unpaired) electrons. The number of nitrogens with two attached hydrogens (primary N) is 1. The second-order valence-electron chi connectivity index (χ2n) is 4.12. The topological polar surface area (TPSA) is 50.9 Å². The monoisotopic (exact) mass is 191 g/mol. The quantitative estimate of drug-likeness (QED) is 0.762. The second kappa shape index (κ2) is 3.58. The van der Waals surface area contributed by atoms with E-state index in [4.69, 9.17) is 5.73 Å². The van der Waals surface area contributed by atoms with Crippen LogP contribution >= 0.6 is 0 Å². The molecule has 3 atom stereocenters. The van der Waals surface area contributed by atoms with Crippen LogP contribution < -0.4 is 11.1 Å². The molecule has 0 bridgehead atoms. The van der Waals surface area contributed by atoms with Crippen molar-refractivity contribution in [2.24, 2.45) is 11.8 Å². The van der Waals surface area contributed by atoms with Crippen molar-refractivity contribution in [3.63, 3.8) is 0 Å². The van der Waals surface area contributed by atoms with Crippen LogP contribution in [0.5, 0.6) is 0 Å². The molecule has 0 aromatic carbocycles. The third-order valence-electron chi connectivity index (χ3n) is 3.12. The van der Waals surface area contributed by atoms with E-state index in [9.17, 15) is 0 Å². The Labute approximate surface area is 84.7 Å². The van der Waals surface area contributed by atoms with Crippen LogP contribution in [0.3, 0.4) is 0 Å². The first-order valence-corrected chi connectivity index (χ1v) is 5.11. The molecule has 1 fully saturated rings. The van der Waals surface area contributed by atoms with E-state index in [1.807, 2.05) is 13.1 Å². The largest absolute Gasteiger partial charge is 0.383 e. The number of aromatic nitrogens is 1. The molecule has 1 saturated carbocycles. The summed E-state index contributed by atoms with van der Waals surface area (Å²) in [5.74, 6) is 2.20. The average molecular weight is 191 g/mol. The van der Waals surface area contributed by atoms with E-state index in [1.165, 1.54) is 6.42 Å². The van der Waals surface area contributed by atoms with Crippen molar-refractivity contribution < 1.29 is 0 Å². The van der Waals surface area contributed by atoms with Crippen LogP contribution in [-0.2, 0) is 0 Å². The summed E-state index contributed by atoms with van der Waals surface area (Å²) in [6.45, 7) is 2.28. The van der Waals surface area contributed by atoms with Crippen molar-refractivity contribution in [3.05, 3.63) is 23.9 Å². The van der Waals surface area contributed by atoms with Crippen LogP contribution in [0.2, 0.25) is 0 Å². The fourth-order valence-electron chi connectivity index (χ4n) is 2.11. The predicted molar refractivity (Wildman–Crippen MR) is 57.7 cm³/mol. The molecule has 3 nitrogen and oxygen atoms in total. The summed E-state index contributed by atoms with van der Waals surface area (Å²) in [7, 11) is 1.99. The van der Waals surface area contributed by atoms with Crippen LogP contribution in [0.4, 0.5) is 5.82 Å². The van der Waals surface area contributed by atoms with Crippen molar-refractivity contribution in [1.29, 1.82) is 0 Å². The van der Waals surface area contributed by atoms with Crippen molar-refractivity contribution in [2.45, 2.75) is 19.4 Å². The Morgan fingerprint density at radius 1 is 1.64 bits per heavy atom. The molecule has 3 heteroatoms. The maximum atomic E-state index is 5.86. The SMILES string of the molecule is CNC(c1cccnc1N)C1CC1C. The summed E-state index contributed by atoms with van der Waals surface area (Å²) in [4.78, 5) is 4.12. The first kappa shape index (κ1) is 9.46. The van der Waals surface area contributed by atoms with Crippen LogP contribution in [0.1, 0.15) is 24.9 Å². The lowest BCUT2D eigenvalue weighted by atomic mass is 10.0. The molecule has 0 saturated heterocycles. The van der Waals surface area contributed by atoms with Crippen LogP contribution in [0.25, 0.3) is 0 Å². The Balaban J connectivity index is 2.23. The lowest BCUT2D eigenvalue weighted by Crippen LogP contribution is -2.20. The molecular formula is C11H17N3. The molecule has 0 amide bonds. The molecule has 1 aliphatic carbocycles. The molecule has 1 aliphatic rings. The molecule has 3 unspecified atom stereocenters. The van der Waals surface area contributed by atoms with E-state index in [-0.39, 0.29) is 0 Å². The molecule has 0 spiro atoms. The van der Waals surface area contributed by atoms with Crippen LogP contribution in [0.15, 0.2) is 18.3 Å². The summed E-state index contributed by atoms with van der Waals surface area (Å²) in [6.07, 6.45) is 3.03. The Hall–Kier alpha value is -1.09. The van der Waals surface area contributed by atoms with Gasteiger partial charge in [0.15, 0.2) is 0 Å². The van der Waals surface area contributed by atoms with E-state index in [0.29, 0.717) is 11.9 Å². The van der Waals surface area contributed by atoms with Gasteiger partial charge < -0.3 is 11.1 Å². The smallest absolute Gasteiger partial charge is 0.128 e. The average Bonchev–Trinajstić information content (AvgIpc) is 2.88. The summed E-state index contributed by atoms with van der Waals surface area (Å²) in [5.41, 5.74) is 7.00. The summed E-state index contributed by atoms with van der Waals surface area (Å²) < 4.78 is 0. The Kier molecular flexibility index (Phi) is 2.42. The van der Waals surface area contributed by atoms with Gasteiger partial charge in [0, 0.05) is 17.8 Å². The maximum Gasteiger partial charge on any atom is 0.128 e. The minimum absolute atomic E-state index is 0.374. The van der Waals surface area contributed by atoms with Crippen molar-refractivity contribution in [1.82, 2.24) is 10.3 Å². The number of anilines is 1. The van der Waals surface area contributed by atoms with Crippen LogP contribution in [-0.4, -0.2) is 12.0 Å². The summed E-state index contributed by atoms with van der Waals surface area (Å²) in [6, 6.07) is 4.39. The number of nitrogen functional groups attached to an aromatic ring is 1. The Morgan fingerprint density at radius 3 is 2.86 bits per heavy atom. The highest BCUT2D eigenvalue weighted by molar-refractivity contribution is 5.41. The highest BCUT2D eigenvalue weighted by Gasteiger charge is 2.40. The second-order valence-corrected chi connectivity index (χ2v) is 4.12. The van der Waals surface area contributed by atoms with E-state index in [2.05, 4.69) is 23.3 Å². The van der Waals surface area contributed by atoms with Crippen LogP contribution in [0, 0.1) is 11.8 Å². The molecule has 3 N–H and O–H groups in total. The van der Waals surface area contributed by atoms with Gasteiger partial charge in [-0.1, -0.05) is 13.0 Å². The van der Waals surface area contributed by atoms with Gasteiger partial charge in [-0.3, -0.25) is 0 Å². The molecular weight excluding hydrogens is 174 g/mol. The van der Waals surface area contributed by atoms with E-state index >= 15 is 0 Å². The molecule has 76 valence electrons. The van der Waals surface area contributed by atoms with Gasteiger partial charge in [0.2, 0.25) is 0 Å². The number of hydrogen-bond acceptors (Lipinski definition) is 3. The number of nitrogens with one attached hydrogen (secondary N) is 1. The third kappa shape index (κ3) is 1.60. The maximum absolute atomic E-state index is 5.86. The van der Waals surface area contributed by atoms with Crippen molar-refractivity contribution in [2.75, 3.05) is 12.8 Å². The molecule has 1 aromatic heterocycles. The zero-order valence-electron chi connectivity index (χ0n) is 8.70. The molecule has 0 aliphatic heterocycles. The molecule has 14 heavy (non-hydrogen) atoms. The van der Waals surface area contributed by atoms with Gasteiger partial charge in [-0.2, -0.15) is 0 Å². The van der Waals surface area contributed by atoms with Gasteiger partial charge in [-0.25, -0.2) is 4.98 Å². The standard InChI is InChI=1S/C11H17N3/c1-7-6-9(7)10(13-2)8-4-3-5-14-11(8)12/h3-5,7,9-10,13H,6H2,1-2H3,(H2,12,14). The van der Waals surface area contributed by atoms with Gasteiger partial charge in [0.05, 0.1) is 0 Å². The first-order valence-electron chi connectivity index (χ1n) is 5.11. The van der Waals surface area contributed by atoms with E-state index in [0.717, 1.165) is 17.4 Å². The molecule has 1 heterocycles. The highest BCUT2D eigenvalue weighted by Crippen LogP contribution is 2.47. The lowest BCUT2D eigenvalue weighted by molar-refractivity contribution is 0.504. The zero-order valence-corrected chi connectivity index (χ0v) is 8.70. The first-order chi connectivity index (χ1) is 6.74. The molecule has 2 rings (SSSR count). The third-order valence-corrected chi connectivity index (χ3v) is 3.12. The van der Waals surface area contributed by atoms with Gasteiger partial charge in [-0.05, 0) is 31.4 Å². The van der Waals surface area contributed by atoms with Gasteiger partial charge in [0.25, 0.3) is 0 Å². The highest BCUT2D eigenvalue weighted by atomic mass is 14.9. The van der Waals surface area contributed by atoms with Crippen molar-refractivity contribution in [3.8, 4) is 0 Å². The number of nitrogens with zero attached hydrogens (tertiary/aromatic N) is 1. The Bertz CT molecular complexity index is 324. The molecule has 1 aromatic rings. The summed E-state index contributed by atoms with van der Waals surface area (Å²) >= 11 is 0. The number of hydrogen-bond donors (Lipinski definition) is 2. The fourth-order valence-corrected chi connectivity index (χ4v) is 2.11. The number of pyridine rings is 1. The lowest BCUT2D eigenvalue weighted by Gasteiger charge is -2.17. The normalized spacial score (nSPS) is 27.3. The van der Waals surface area contributed by atoms with E-state index in [1.54, 1.807) is 6.20 Å². The van der Waals surface area contributed by atoms with Gasteiger partial charge in [0.1, 0.15) is 5.82 Å². The predicted octanol–water partition coefficient (Wildman–Crippen LogP) is 1.58. The fraction of sp³-hybridized carbons (Fsp3) is 0.545. The van der Waals surface area contributed by atoms with Crippen molar-refractivity contribution >= 4 is 5.82 Å². The van der Waals surface area contributed by atoms with Gasteiger partial charge in [-0.15, -0.1) is 0 Å². The minimum atomic E-state index is 0.374. The number of rotatable bonds is 3. The zero-order chi connectivity index (χ0) is 10.1. The Morgan fingerprint density at radius 2 is 2.36 bits per heavy atom.